The van der Waals surface area contributed by atoms with Crippen LogP contribution in [-0.4, -0.2) is 18.8 Å². The Morgan fingerprint density at radius 3 is 2.52 bits per heavy atom. The van der Waals surface area contributed by atoms with Gasteiger partial charge in [0.25, 0.3) is 0 Å². The van der Waals surface area contributed by atoms with Crippen molar-refractivity contribution >= 4 is 17.3 Å². The monoisotopic (exact) mass is 300 g/mol. The molecule has 0 aliphatic rings. The molecule has 0 aliphatic heterocycles. The fourth-order valence-corrected chi connectivity index (χ4v) is 2.17. The molecule has 0 saturated carbocycles. The van der Waals surface area contributed by atoms with Crippen molar-refractivity contribution in [3.05, 3.63) is 65.7 Å². The van der Waals surface area contributed by atoms with Gasteiger partial charge in [-0.25, -0.2) is 0 Å². The lowest BCUT2D eigenvalue weighted by molar-refractivity contribution is 0.414. The molecule has 110 valence electrons. The fourth-order valence-electron chi connectivity index (χ4n) is 1.99. The first kappa shape index (κ1) is 15.3. The number of hydrogen-bond donors (Lipinski definition) is 2. The molecule has 0 spiro atoms. The molecule has 2 aromatic rings. The molecule has 2 N–H and O–H groups in total. The highest BCUT2D eigenvalue weighted by atomic mass is 32.1. The average molecular weight is 300 g/mol. The second-order valence-corrected chi connectivity index (χ2v) is 5.10. The zero-order chi connectivity index (χ0) is 14.9. The summed E-state index contributed by atoms with van der Waals surface area (Å²) in [6.07, 6.45) is 0.960. The SMILES string of the molecule is COc1cccc(CNC(=S)NCCc2ccccc2)c1. The number of ether oxygens (including phenoxy) is 1. The zero-order valence-electron chi connectivity index (χ0n) is 12.1. The Morgan fingerprint density at radius 2 is 1.76 bits per heavy atom. The number of rotatable bonds is 6. The largest absolute Gasteiger partial charge is 0.497 e. The summed E-state index contributed by atoms with van der Waals surface area (Å²) in [5, 5.41) is 7.10. The summed E-state index contributed by atoms with van der Waals surface area (Å²) >= 11 is 5.28. The Morgan fingerprint density at radius 1 is 1.00 bits per heavy atom. The van der Waals surface area contributed by atoms with Gasteiger partial charge in [-0.05, 0) is 41.9 Å². The fraction of sp³-hybridized carbons (Fsp3) is 0.235. The lowest BCUT2D eigenvalue weighted by Crippen LogP contribution is -2.35. The molecule has 0 bridgehead atoms. The normalized spacial score (nSPS) is 9.95. The maximum Gasteiger partial charge on any atom is 0.166 e. The molecular formula is C17H20N2OS. The van der Waals surface area contributed by atoms with Gasteiger partial charge in [-0.1, -0.05) is 42.5 Å². The van der Waals surface area contributed by atoms with Crippen LogP contribution in [0.4, 0.5) is 0 Å². The molecular weight excluding hydrogens is 280 g/mol. The van der Waals surface area contributed by atoms with Crippen LogP contribution in [0.1, 0.15) is 11.1 Å². The van der Waals surface area contributed by atoms with Crippen molar-refractivity contribution < 1.29 is 4.74 Å². The van der Waals surface area contributed by atoms with Crippen LogP contribution in [0.25, 0.3) is 0 Å². The molecule has 21 heavy (non-hydrogen) atoms. The molecule has 4 heteroatoms. The summed E-state index contributed by atoms with van der Waals surface area (Å²) in [5.41, 5.74) is 2.45. The smallest absolute Gasteiger partial charge is 0.166 e. The summed E-state index contributed by atoms with van der Waals surface area (Å²) in [7, 11) is 1.67. The van der Waals surface area contributed by atoms with Gasteiger partial charge in [-0.2, -0.15) is 0 Å². The van der Waals surface area contributed by atoms with E-state index < -0.39 is 0 Å². The van der Waals surface area contributed by atoms with Crippen LogP contribution in [-0.2, 0) is 13.0 Å². The van der Waals surface area contributed by atoms with Crippen LogP contribution in [0.5, 0.6) is 5.75 Å². The van der Waals surface area contributed by atoms with Gasteiger partial charge >= 0.3 is 0 Å². The quantitative estimate of drug-likeness (QED) is 0.804. The predicted molar refractivity (Wildman–Crippen MR) is 90.6 cm³/mol. The molecule has 0 aliphatic carbocycles. The van der Waals surface area contributed by atoms with Crippen molar-refractivity contribution in [3.8, 4) is 5.75 Å². The van der Waals surface area contributed by atoms with E-state index in [-0.39, 0.29) is 0 Å². The molecule has 0 fully saturated rings. The highest BCUT2D eigenvalue weighted by molar-refractivity contribution is 7.80. The van der Waals surface area contributed by atoms with Gasteiger partial charge in [-0.3, -0.25) is 0 Å². The van der Waals surface area contributed by atoms with Crippen LogP contribution in [0.2, 0.25) is 0 Å². The Balaban J connectivity index is 1.70. The molecule has 3 nitrogen and oxygen atoms in total. The van der Waals surface area contributed by atoms with Gasteiger partial charge in [-0.15, -0.1) is 0 Å². The van der Waals surface area contributed by atoms with E-state index in [0.29, 0.717) is 11.7 Å². The van der Waals surface area contributed by atoms with Crippen LogP contribution in [0.3, 0.4) is 0 Å². The molecule has 2 rings (SSSR count). The van der Waals surface area contributed by atoms with Crippen LogP contribution >= 0.6 is 12.2 Å². The average Bonchev–Trinajstić information content (AvgIpc) is 2.54. The van der Waals surface area contributed by atoms with E-state index >= 15 is 0 Å². The standard InChI is InChI=1S/C17H20N2OS/c1-20-16-9-5-8-15(12-16)13-19-17(21)18-11-10-14-6-3-2-4-7-14/h2-9,12H,10-11,13H2,1H3,(H2,18,19,21). The first-order valence-electron chi connectivity index (χ1n) is 6.96. The highest BCUT2D eigenvalue weighted by Crippen LogP contribution is 2.11. The molecule has 0 amide bonds. The minimum Gasteiger partial charge on any atom is -0.497 e. The van der Waals surface area contributed by atoms with Crippen molar-refractivity contribution in [2.75, 3.05) is 13.7 Å². The lowest BCUT2D eigenvalue weighted by atomic mass is 10.1. The van der Waals surface area contributed by atoms with E-state index in [4.69, 9.17) is 17.0 Å². The van der Waals surface area contributed by atoms with Crippen molar-refractivity contribution in [1.29, 1.82) is 0 Å². The predicted octanol–water partition coefficient (Wildman–Crippen LogP) is 2.90. The second kappa shape index (κ2) is 8.27. The Labute approximate surface area is 131 Å². The molecule has 0 radical (unpaired) electrons. The topological polar surface area (TPSA) is 33.3 Å². The van der Waals surface area contributed by atoms with E-state index in [9.17, 15) is 0 Å². The van der Waals surface area contributed by atoms with Crippen LogP contribution in [0, 0.1) is 0 Å². The molecule has 2 aromatic carbocycles. The van der Waals surface area contributed by atoms with Crippen molar-refractivity contribution in [2.45, 2.75) is 13.0 Å². The van der Waals surface area contributed by atoms with Gasteiger partial charge < -0.3 is 15.4 Å². The highest BCUT2D eigenvalue weighted by Gasteiger charge is 1.98. The van der Waals surface area contributed by atoms with E-state index in [2.05, 4.69) is 34.9 Å². The number of hydrogen-bond acceptors (Lipinski definition) is 2. The maximum absolute atomic E-state index is 5.28. The van der Waals surface area contributed by atoms with Gasteiger partial charge in [0.05, 0.1) is 7.11 Å². The van der Waals surface area contributed by atoms with E-state index in [1.807, 2.05) is 30.3 Å². The Kier molecular flexibility index (Phi) is 6.03. The minimum atomic E-state index is 0.675. The molecule has 0 heterocycles. The zero-order valence-corrected chi connectivity index (χ0v) is 13.0. The van der Waals surface area contributed by atoms with Gasteiger partial charge in [0.1, 0.15) is 5.75 Å². The maximum atomic E-state index is 5.28. The van der Waals surface area contributed by atoms with Gasteiger partial charge in [0.2, 0.25) is 0 Å². The third-order valence-corrected chi connectivity index (χ3v) is 3.42. The minimum absolute atomic E-state index is 0.675. The summed E-state index contributed by atoms with van der Waals surface area (Å²) in [6.45, 7) is 1.52. The molecule has 0 atom stereocenters. The molecule has 0 saturated heterocycles. The first-order chi connectivity index (χ1) is 10.3. The van der Waals surface area contributed by atoms with Gasteiger partial charge in [0, 0.05) is 13.1 Å². The van der Waals surface area contributed by atoms with E-state index in [1.54, 1.807) is 7.11 Å². The van der Waals surface area contributed by atoms with E-state index in [0.717, 1.165) is 24.3 Å². The van der Waals surface area contributed by atoms with E-state index in [1.165, 1.54) is 5.56 Å². The molecule has 0 aromatic heterocycles. The van der Waals surface area contributed by atoms with Crippen LogP contribution in [0.15, 0.2) is 54.6 Å². The number of nitrogens with one attached hydrogen (secondary N) is 2. The van der Waals surface area contributed by atoms with Crippen LogP contribution < -0.4 is 15.4 Å². The summed E-state index contributed by atoms with van der Waals surface area (Å²) < 4.78 is 5.20. The van der Waals surface area contributed by atoms with Gasteiger partial charge in [0.15, 0.2) is 5.11 Å². The van der Waals surface area contributed by atoms with Crippen molar-refractivity contribution in [3.63, 3.8) is 0 Å². The van der Waals surface area contributed by atoms with Crippen molar-refractivity contribution in [2.24, 2.45) is 0 Å². The first-order valence-corrected chi connectivity index (χ1v) is 7.37. The lowest BCUT2D eigenvalue weighted by Gasteiger charge is -2.11. The molecule has 0 unspecified atom stereocenters. The van der Waals surface area contributed by atoms with Crippen molar-refractivity contribution in [1.82, 2.24) is 10.6 Å². The second-order valence-electron chi connectivity index (χ2n) is 4.70. The third kappa shape index (κ3) is 5.44. The summed E-state index contributed by atoms with van der Waals surface area (Å²) in [6, 6.07) is 18.3. The Bertz CT molecular complexity index is 572. The third-order valence-electron chi connectivity index (χ3n) is 3.13. The number of thiocarbonyl (C=S) groups is 1. The summed E-state index contributed by atoms with van der Waals surface area (Å²) in [4.78, 5) is 0. The summed E-state index contributed by atoms with van der Waals surface area (Å²) in [5.74, 6) is 0.859. The number of methoxy groups -OCH3 is 1. The Hall–Kier alpha value is -2.07. The number of benzene rings is 2.